The third kappa shape index (κ3) is 3.53. The summed E-state index contributed by atoms with van der Waals surface area (Å²) >= 11 is 0. The predicted octanol–water partition coefficient (Wildman–Crippen LogP) is 3.25. The van der Waals surface area contributed by atoms with E-state index in [4.69, 9.17) is 5.73 Å². The molecule has 0 aliphatic heterocycles. The van der Waals surface area contributed by atoms with E-state index >= 15 is 0 Å². The molecule has 2 N–H and O–H groups in total. The van der Waals surface area contributed by atoms with Gasteiger partial charge in [-0.1, -0.05) is 19.4 Å². The average Bonchev–Trinajstić information content (AvgIpc) is 2.32. The van der Waals surface area contributed by atoms with Crippen molar-refractivity contribution in [1.82, 2.24) is 4.90 Å². The van der Waals surface area contributed by atoms with Crippen LogP contribution >= 0.6 is 0 Å². The number of aryl methyl sites for hydroxylation is 1. The number of hydrogen-bond acceptors (Lipinski definition) is 2. The van der Waals surface area contributed by atoms with Crippen LogP contribution in [0.3, 0.4) is 0 Å². The Kier molecular flexibility index (Phi) is 5.76. The van der Waals surface area contributed by atoms with E-state index in [2.05, 4.69) is 25.8 Å². The summed E-state index contributed by atoms with van der Waals surface area (Å²) in [6, 6.07) is 5.59. The molecule has 2 unspecified atom stereocenters. The van der Waals surface area contributed by atoms with Gasteiger partial charge in [-0.05, 0) is 50.6 Å². The van der Waals surface area contributed by atoms with Crippen LogP contribution in [0.15, 0.2) is 18.2 Å². The second kappa shape index (κ2) is 6.86. The van der Waals surface area contributed by atoms with Gasteiger partial charge in [-0.3, -0.25) is 4.90 Å². The van der Waals surface area contributed by atoms with E-state index in [0.717, 1.165) is 24.0 Å². The lowest BCUT2D eigenvalue weighted by molar-refractivity contribution is 0.179. The number of benzene rings is 1. The van der Waals surface area contributed by atoms with Crippen LogP contribution in [0.5, 0.6) is 0 Å². The lowest BCUT2D eigenvalue weighted by Gasteiger charge is -2.33. The molecule has 0 saturated carbocycles. The largest absolute Gasteiger partial charge is 0.329 e. The van der Waals surface area contributed by atoms with Gasteiger partial charge < -0.3 is 5.73 Å². The molecule has 0 aliphatic carbocycles. The first-order chi connectivity index (χ1) is 8.51. The lowest BCUT2D eigenvalue weighted by Crippen LogP contribution is -2.37. The summed E-state index contributed by atoms with van der Waals surface area (Å²) in [7, 11) is 2.10. The Morgan fingerprint density at radius 3 is 2.56 bits per heavy atom. The topological polar surface area (TPSA) is 29.3 Å². The molecule has 0 aliphatic rings. The van der Waals surface area contributed by atoms with Gasteiger partial charge in [0, 0.05) is 18.6 Å². The highest BCUT2D eigenvalue weighted by molar-refractivity contribution is 5.30. The summed E-state index contributed by atoms with van der Waals surface area (Å²) in [4.78, 5) is 2.30. The van der Waals surface area contributed by atoms with Crippen LogP contribution in [0.25, 0.3) is 0 Å². The second-order valence-corrected chi connectivity index (χ2v) is 5.06. The Hall–Kier alpha value is -0.930. The molecule has 0 aromatic heterocycles. The van der Waals surface area contributed by atoms with Gasteiger partial charge in [0.25, 0.3) is 0 Å². The van der Waals surface area contributed by atoms with Gasteiger partial charge in [-0.25, -0.2) is 4.39 Å². The molecule has 0 saturated heterocycles. The van der Waals surface area contributed by atoms with E-state index in [1.807, 2.05) is 13.0 Å². The zero-order chi connectivity index (χ0) is 13.7. The molecule has 1 rings (SSSR count). The molecule has 18 heavy (non-hydrogen) atoms. The van der Waals surface area contributed by atoms with Crippen LogP contribution in [0.2, 0.25) is 0 Å². The fraction of sp³-hybridized carbons (Fsp3) is 0.600. The maximum Gasteiger partial charge on any atom is 0.123 e. The standard InChI is InChI=1S/C15H25FN2/c1-5-6-12(3)18(4)15(10-17)14-8-7-13(16)9-11(14)2/h7-9,12,15H,5-6,10,17H2,1-4H3. The molecule has 102 valence electrons. The predicted molar refractivity (Wildman–Crippen MR) is 75.1 cm³/mol. The summed E-state index contributed by atoms with van der Waals surface area (Å²) in [5, 5.41) is 0. The maximum atomic E-state index is 13.2. The number of hydrogen-bond donors (Lipinski definition) is 1. The number of rotatable bonds is 6. The first-order valence-electron chi connectivity index (χ1n) is 6.69. The van der Waals surface area contributed by atoms with Crippen LogP contribution < -0.4 is 5.73 Å². The fourth-order valence-corrected chi connectivity index (χ4v) is 2.45. The molecule has 3 heteroatoms. The first-order valence-corrected chi connectivity index (χ1v) is 6.69. The number of halogens is 1. The van der Waals surface area contributed by atoms with Crippen molar-refractivity contribution in [2.45, 2.75) is 45.7 Å². The van der Waals surface area contributed by atoms with Crippen LogP contribution in [0.1, 0.15) is 43.9 Å². The molecule has 0 amide bonds. The van der Waals surface area contributed by atoms with Crippen molar-refractivity contribution in [2.75, 3.05) is 13.6 Å². The first kappa shape index (κ1) is 15.1. The molecule has 2 atom stereocenters. The highest BCUT2D eigenvalue weighted by Gasteiger charge is 2.21. The van der Waals surface area contributed by atoms with Gasteiger partial charge in [0.05, 0.1) is 0 Å². The van der Waals surface area contributed by atoms with Crippen molar-refractivity contribution in [3.05, 3.63) is 35.1 Å². The van der Waals surface area contributed by atoms with Crippen molar-refractivity contribution in [3.63, 3.8) is 0 Å². The molecular weight excluding hydrogens is 227 g/mol. The molecule has 0 spiro atoms. The summed E-state index contributed by atoms with van der Waals surface area (Å²) < 4.78 is 13.2. The Morgan fingerprint density at radius 2 is 2.06 bits per heavy atom. The van der Waals surface area contributed by atoms with E-state index in [-0.39, 0.29) is 11.9 Å². The van der Waals surface area contributed by atoms with Gasteiger partial charge >= 0.3 is 0 Å². The zero-order valence-corrected chi connectivity index (χ0v) is 11.9. The highest BCUT2D eigenvalue weighted by atomic mass is 19.1. The van der Waals surface area contributed by atoms with E-state index in [1.165, 1.54) is 6.07 Å². The third-order valence-corrected chi connectivity index (χ3v) is 3.71. The van der Waals surface area contributed by atoms with Crippen LogP contribution in [0, 0.1) is 12.7 Å². The Bertz CT molecular complexity index is 379. The minimum atomic E-state index is -0.184. The summed E-state index contributed by atoms with van der Waals surface area (Å²) in [5.74, 6) is -0.184. The molecule has 0 radical (unpaired) electrons. The molecule has 0 fully saturated rings. The molecule has 0 heterocycles. The quantitative estimate of drug-likeness (QED) is 0.842. The zero-order valence-electron chi connectivity index (χ0n) is 11.9. The second-order valence-electron chi connectivity index (χ2n) is 5.06. The van der Waals surface area contributed by atoms with Crippen LogP contribution in [0.4, 0.5) is 4.39 Å². The fourth-order valence-electron chi connectivity index (χ4n) is 2.45. The number of likely N-dealkylation sites (N-methyl/N-ethyl adjacent to an activating group) is 1. The van der Waals surface area contributed by atoms with Crippen LogP contribution in [-0.2, 0) is 0 Å². The van der Waals surface area contributed by atoms with Gasteiger partial charge in [0.2, 0.25) is 0 Å². The Labute approximate surface area is 110 Å². The minimum Gasteiger partial charge on any atom is -0.329 e. The summed E-state index contributed by atoms with van der Waals surface area (Å²) in [6.45, 7) is 6.90. The van der Waals surface area contributed by atoms with Crippen molar-refractivity contribution in [1.29, 1.82) is 0 Å². The van der Waals surface area contributed by atoms with Crippen molar-refractivity contribution in [2.24, 2.45) is 5.73 Å². The summed E-state index contributed by atoms with van der Waals surface area (Å²) in [6.07, 6.45) is 2.30. The number of nitrogens with zero attached hydrogens (tertiary/aromatic N) is 1. The van der Waals surface area contributed by atoms with Crippen LogP contribution in [-0.4, -0.2) is 24.5 Å². The Morgan fingerprint density at radius 1 is 1.39 bits per heavy atom. The highest BCUT2D eigenvalue weighted by Crippen LogP contribution is 2.25. The van der Waals surface area contributed by atoms with Gasteiger partial charge in [0.1, 0.15) is 5.82 Å². The lowest BCUT2D eigenvalue weighted by atomic mass is 9.98. The number of nitrogens with two attached hydrogens (primary N) is 1. The minimum absolute atomic E-state index is 0.159. The molecule has 1 aromatic rings. The molecule has 1 aromatic carbocycles. The van der Waals surface area contributed by atoms with Gasteiger partial charge in [0.15, 0.2) is 0 Å². The summed E-state index contributed by atoms with van der Waals surface area (Å²) in [5.41, 5.74) is 8.01. The van der Waals surface area contributed by atoms with E-state index < -0.39 is 0 Å². The maximum absolute atomic E-state index is 13.2. The smallest absolute Gasteiger partial charge is 0.123 e. The molecular formula is C15H25FN2. The van der Waals surface area contributed by atoms with E-state index in [9.17, 15) is 4.39 Å². The van der Waals surface area contributed by atoms with Gasteiger partial charge in [-0.15, -0.1) is 0 Å². The molecule has 0 bridgehead atoms. The monoisotopic (exact) mass is 252 g/mol. The van der Waals surface area contributed by atoms with Crippen molar-refractivity contribution < 1.29 is 4.39 Å². The van der Waals surface area contributed by atoms with Gasteiger partial charge in [-0.2, -0.15) is 0 Å². The van der Waals surface area contributed by atoms with Crippen molar-refractivity contribution in [3.8, 4) is 0 Å². The third-order valence-electron chi connectivity index (χ3n) is 3.71. The SMILES string of the molecule is CCCC(C)N(C)C(CN)c1ccc(F)cc1C. The van der Waals surface area contributed by atoms with E-state index in [0.29, 0.717) is 12.6 Å². The Balaban J connectivity index is 2.94. The normalized spacial score (nSPS) is 14.8. The van der Waals surface area contributed by atoms with E-state index in [1.54, 1.807) is 6.07 Å². The molecule has 2 nitrogen and oxygen atoms in total. The van der Waals surface area contributed by atoms with Crippen molar-refractivity contribution >= 4 is 0 Å². The average molecular weight is 252 g/mol.